The van der Waals surface area contributed by atoms with Gasteiger partial charge in [-0.05, 0) is 233 Å². The van der Waals surface area contributed by atoms with Crippen LogP contribution >= 0.6 is 22.9 Å². The summed E-state index contributed by atoms with van der Waals surface area (Å²) in [6.07, 6.45) is 3.87. The number of nitrogens with zero attached hydrogens (tertiary/aromatic N) is 10. The number of nitrogens with one attached hydrogen (secondary N) is 2. The van der Waals surface area contributed by atoms with Crippen LogP contribution in [0.15, 0.2) is 139 Å². The number of halogens is 1. The van der Waals surface area contributed by atoms with Crippen molar-refractivity contribution in [2.75, 3.05) is 10.6 Å². The van der Waals surface area contributed by atoms with Crippen molar-refractivity contribution in [2.24, 2.45) is 0 Å². The summed E-state index contributed by atoms with van der Waals surface area (Å²) in [5.41, 5.74) is 11.4. The van der Waals surface area contributed by atoms with Crippen molar-refractivity contribution in [3.63, 3.8) is 0 Å². The Kier molecular flexibility index (Phi) is 23.1. The van der Waals surface area contributed by atoms with Gasteiger partial charge in [-0.25, -0.2) is 39.3 Å². The van der Waals surface area contributed by atoms with Crippen molar-refractivity contribution in [1.29, 1.82) is 0 Å². The van der Waals surface area contributed by atoms with E-state index in [1.807, 2.05) is 132 Å². The summed E-state index contributed by atoms with van der Waals surface area (Å²) in [5, 5.41) is 23.5. The quantitative estimate of drug-likeness (QED) is 0.105. The lowest BCUT2D eigenvalue weighted by Gasteiger charge is -2.23. The van der Waals surface area contributed by atoms with Gasteiger partial charge in [0.05, 0.1) is 49.9 Å². The van der Waals surface area contributed by atoms with E-state index in [-0.39, 0.29) is 22.4 Å². The van der Waals surface area contributed by atoms with Gasteiger partial charge in [0.15, 0.2) is 11.6 Å². The smallest absolute Gasteiger partial charge is 0.157 e. The van der Waals surface area contributed by atoms with Crippen LogP contribution in [-0.4, -0.2) is 84.0 Å². The Bertz CT molecular complexity index is 4680. The molecule has 0 aliphatic heterocycles. The summed E-state index contributed by atoms with van der Waals surface area (Å²) in [5.74, 6) is 7.26. The Morgan fingerprint density at radius 1 is 0.410 bits per heavy atom. The topological polar surface area (TPSA) is 174 Å². The molecule has 0 aliphatic rings. The van der Waals surface area contributed by atoms with Crippen LogP contribution in [0.2, 0.25) is 5.02 Å². The standard InChI is InChI=1S/C22H26ClN3O.C20H26N4O.C20H25N3O.C20H24N2OS/c1-13(2)24-19-9-7-8-16(25-19)17-12-18(27-22(4,5)6)15-11-10-14(3)20(23)21(15)26-17;1-13(2)21-18-9-10-24(23-18)19-12-17(25-20(4,5)6)15-8-7-14(3)11-16(15)22-19;1-13(2)16-9-10-23(22-16)19-12-18(24-20(4,5)6)15-8-7-14(3)11-17(15)21-19;1-12(2)17-11-24-19(22-17)16-10-18(23-20(4,5)6)14-8-7-13(3)9-15(14)21-16/h7-13H,1-6H3,(H,24,25);7-13H,1-6H3,(H,21,23);7-13H,1-6H3;7-12H,1-6H3. The maximum absolute atomic E-state index is 6.58. The van der Waals surface area contributed by atoms with E-state index in [0.717, 1.165) is 129 Å². The third kappa shape index (κ3) is 20.3. The minimum absolute atomic E-state index is 0.261. The van der Waals surface area contributed by atoms with Crippen molar-refractivity contribution in [2.45, 2.75) is 212 Å². The minimum atomic E-state index is -0.336. The number of fused-ring (bicyclic) bond motifs is 4. The fourth-order valence-corrected chi connectivity index (χ4v) is 11.7. The van der Waals surface area contributed by atoms with E-state index in [1.54, 1.807) is 16.0 Å². The molecule has 0 spiro atoms. The third-order valence-corrected chi connectivity index (χ3v) is 16.3. The lowest BCUT2D eigenvalue weighted by Crippen LogP contribution is -2.23. The monoisotopic (exact) mass is 1380 g/mol. The first-order chi connectivity index (χ1) is 46.8. The molecule has 526 valence electrons. The molecule has 12 rings (SSSR count). The van der Waals surface area contributed by atoms with Crippen molar-refractivity contribution in [3.05, 3.63) is 178 Å². The number of anilines is 2. The van der Waals surface area contributed by atoms with Crippen LogP contribution in [0.1, 0.15) is 184 Å². The summed E-state index contributed by atoms with van der Waals surface area (Å²) in [4.78, 5) is 28.7. The average Bonchev–Trinajstić information content (AvgIpc) is 1.04. The van der Waals surface area contributed by atoms with Gasteiger partial charge in [-0.1, -0.05) is 69.6 Å². The van der Waals surface area contributed by atoms with Gasteiger partial charge >= 0.3 is 0 Å². The molecular weight excluding hydrogens is 1280 g/mol. The van der Waals surface area contributed by atoms with E-state index in [4.69, 9.17) is 60.5 Å². The van der Waals surface area contributed by atoms with Gasteiger partial charge in [0.25, 0.3) is 0 Å². The lowest BCUT2D eigenvalue weighted by molar-refractivity contribution is 0.132. The van der Waals surface area contributed by atoms with Gasteiger partial charge in [0, 0.05) is 81.7 Å². The zero-order valence-electron chi connectivity index (χ0n) is 63.0. The molecule has 18 heteroatoms. The van der Waals surface area contributed by atoms with Gasteiger partial charge in [0.1, 0.15) is 67.7 Å². The third-order valence-electron chi connectivity index (χ3n) is 15.0. The van der Waals surface area contributed by atoms with E-state index >= 15 is 0 Å². The van der Waals surface area contributed by atoms with Crippen molar-refractivity contribution >= 4 is 78.2 Å². The van der Waals surface area contributed by atoms with Crippen molar-refractivity contribution < 1.29 is 18.9 Å². The summed E-state index contributed by atoms with van der Waals surface area (Å²) >= 11 is 8.22. The van der Waals surface area contributed by atoms with E-state index in [1.165, 1.54) is 16.7 Å². The molecule has 0 amide bonds. The fourth-order valence-electron chi connectivity index (χ4n) is 10.6. The van der Waals surface area contributed by atoms with Crippen LogP contribution in [0.25, 0.3) is 77.3 Å². The average molecular weight is 1390 g/mol. The Balaban J connectivity index is 0.000000156. The number of rotatable bonds is 14. The van der Waals surface area contributed by atoms with Gasteiger partial charge < -0.3 is 29.6 Å². The largest absolute Gasteiger partial charge is 0.487 e. The normalized spacial score (nSPS) is 12.0. The van der Waals surface area contributed by atoms with Crippen molar-refractivity contribution in [1.82, 2.24) is 49.5 Å². The molecular formula is C82H101ClN12O4S. The van der Waals surface area contributed by atoms with E-state index in [2.05, 4.69) is 199 Å². The highest BCUT2D eigenvalue weighted by Gasteiger charge is 2.23. The Morgan fingerprint density at radius 2 is 0.850 bits per heavy atom. The minimum Gasteiger partial charge on any atom is -0.487 e. The van der Waals surface area contributed by atoms with Crippen LogP contribution in [0.5, 0.6) is 23.0 Å². The predicted molar refractivity (Wildman–Crippen MR) is 417 cm³/mol. The molecule has 0 bridgehead atoms. The first-order valence-corrected chi connectivity index (χ1v) is 35.7. The van der Waals surface area contributed by atoms with Gasteiger partial charge in [-0.3, -0.25) is 0 Å². The molecule has 0 aliphatic carbocycles. The molecule has 100 heavy (non-hydrogen) atoms. The van der Waals surface area contributed by atoms with Gasteiger partial charge in [0.2, 0.25) is 0 Å². The molecule has 12 aromatic rings. The van der Waals surface area contributed by atoms with E-state index < -0.39 is 0 Å². The summed E-state index contributed by atoms with van der Waals surface area (Å²) in [6.45, 7) is 49.7. The van der Waals surface area contributed by atoms with Gasteiger partial charge in [-0.2, -0.15) is 5.10 Å². The van der Waals surface area contributed by atoms with Crippen LogP contribution in [0.3, 0.4) is 0 Å². The van der Waals surface area contributed by atoms with Gasteiger partial charge in [-0.15, -0.1) is 16.4 Å². The number of benzene rings is 4. The highest BCUT2D eigenvalue weighted by Crippen LogP contribution is 2.39. The summed E-state index contributed by atoms with van der Waals surface area (Å²) < 4.78 is 28.4. The number of aryl methyl sites for hydroxylation is 4. The number of aromatic nitrogens is 10. The summed E-state index contributed by atoms with van der Waals surface area (Å²) in [7, 11) is 0. The second-order valence-electron chi connectivity index (χ2n) is 30.7. The molecule has 8 aromatic heterocycles. The number of ether oxygens (including phenoxy) is 4. The molecule has 0 saturated carbocycles. The number of thiazole rings is 1. The first-order valence-electron chi connectivity index (χ1n) is 34.5. The molecule has 0 radical (unpaired) electrons. The molecule has 0 fully saturated rings. The SMILES string of the molecule is Cc1ccc2c(OC(C)(C)C)cc(-c3cccc(NC(C)C)n3)nc2c1Cl.Cc1ccc2c(OC(C)(C)C)cc(-c3nc(C(C)C)cs3)nc2c1.Cc1ccc2c(OC(C)(C)C)cc(-n3ccc(C(C)C)n3)nc2c1.Cc1ccc2c(OC(C)(C)C)cc(-n3ccc(NC(C)C)n3)nc2c1. The zero-order chi connectivity index (χ0) is 72.9. The molecule has 4 aromatic carbocycles. The highest BCUT2D eigenvalue weighted by atomic mass is 35.5. The number of hydrogen-bond acceptors (Lipinski definition) is 15. The second-order valence-corrected chi connectivity index (χ2v) is 31.9. The van der Waals surface area contributed by atoms with Crippen LogP contribution in [0, 0.1) is 27.7 Å². The molecule has 16 nitrogen and oxygen atoms in total. The maximum atomic E-state index is 6.58. The molecule has 8 heterocycles. The van der Waals surface area contributed by atoms with Crippen LogP contribution in [-0.2, 0) is 0 Å². The molecule has 0 saturated heterocycles. The Labute approximate surface area is 600 Å². The molecule has 2 N–H and O–H groups in total. The molecule has 0 unspecified atom stereocenters. The fraction of sp³-hybridized carbons (Fsp3) is 0.390. The van der Waals surface area contributed by atoms with E-state index in [9.17, 15) is 0 Å². The first kappa shape index (κ1) is 75.0. The van der Waals surface area contributed by atoms with Crippen LogP contribution < -0.4 is 29.6 Å². The lowest BCUT2D eigenvalue weighted by atomic mass is 10.1. The summed E-state index contributed by atoms with van der Waals surface area (Å²) in [6, 6.07) is 41.1. The van der Waals surface area contributed by atoms with Crippen molar-refractivity contribution in [3.8, 4) is 56.7 Å². The Hall–Kier alpha value is -9.19. The highest BCUT2D eigenvalue weighted by molar-refractivity contribution is 7.13. The second kappa shape index (κ2) is 30.7. The zero-order valence-corrected chi connectivity index (χ0v) is 64.6. The van der Waals surface area contributed by atoms with E-state index in [0.29, 0.717) is 28.9 Å². The number of pyridine rings is 5. The molecule has 0 atom stereocenters. The van der Waals surface area contributed by atoms with Crippen LogP contribution in [0.4, 0.5) is 11.6 Å². The maximum Gasteiger partial charge on any atom is 0.157 e. The Morgan fingerprint density at radius 3 is 1.32 bits per heavy atom. The predicted octanol–water partition coefficient (Wildman–Crippen LogP) is 22.0. The number of hydrogen-bond donors (Lipinski definition) is 2.